The summed E-state index contributed by atoms with van der Waals surface area (Å²) in [5, 5.41) is 11.3. The number of nitrogens with one attached hydrogen (secondary N) is 1. The van der Waals surface area contributed by atoms with Crippen molar-refractivity contribution in [1.82, 2.24) is 20.3 Å². The van der Waals surface area contributed by atoms with Crippen molar-refractivity contribution in [2.45, 2.75) is 6.04 Å². The van der Waals surface area contributed by atoms with E-state index in [4.69, 9.17) is 0 Å². The molecule has 1 aliphatic heterocycles. The molecule has 82 valence electrons. The van der Waals surface area contributed by atoms with E-state index in [0.717, 1.165) is 24.3 Å². The van der Waals surface area contributed by atoms with E-state index in [1.165, 1.54) is 12.1 Å². The van der Waals surface area contributed by atoms with Crippen molar-refractivity contribution < 1.29 is 4.39 Å². The predicted molar refractivity (Wildman–Crippen MR) is 57.3 cm³/mol. The van der Waals surface area contributed by atoms with Crippen LogP contribution in [0.25, 0.3) is 11.3 Å². The molecular weight excluding hydrogens is 207 g/mol. The second-order valence-corrected chi connectivity index (χ2v) is 3.90. The third-order valence-corrected chi connectivity index (χ3v) is 2.78. The van der Waals surface area contributed by atoms with Crippen LogP contribution in [0.5, 0.6) is 0 Å². The van der Waals surface area contributed by atoms with E-state index in [1.807, 2.05) is 10.9 Å². The van der Waals surface area contributed by atoms with Gasteiger partial charge in [-0.3, -0.25) is 0 Å². The molecule has 0 unspecified atom stereocenters. The van der Waals surface area contributed by atoms with Gasteiger partial charge in [0.2, 0.25) is 0 Å². The van der Waals surface area contributed by atoms with Crippen LogP contribution < -0.4 is 5.32 Å². The predicted octanol–water partition coefficient (Wildman–Crippen LogP) is 1.23. The van der Waals surface area contributed by atoms with Crippen LogP contribution in [0, 0.1) is 5.82 Å². The molecule has 5 heteroatoms. The van der Waals surface area contributed by atoms with E-state index < -0.39 is 0 Å². The molecule has 0 bridgehead atoms. The number of hydrogen-bond donors (Lipinski definition) is 1. The number of aromatic nitrogens is 3. The topological polar surface area (TPSA) is 42.7 Å². The number of rotatable bonds is 2. The van der Waals surface area contributed by atoms with Crippen molar-refractivity contribution in [3.63, 3.8) is 0 Å². The molecule has 1 aliphatic rings. The van der Waals surface area contributed by atoms with Gasteiger partial charge in [0.15, 0.2) is 0 Å². The summed E-state index contributed by atoms with van der Waals surface area (Å²) in [7, 11) is 0. The van der Waals surface area contributed by atoms with Crippen LogP contribution in [0.3, 0.4) is 0 Å². The highest BCUT2D eigenvalue weighted by Crippen LogP contribution is 2.18. The Kier molecular flexibility index (Phi) is 2.18. The quantitative estimate of drug-likeness (QED) is 0.824. The van der Waals surface area contributed by atoms with E-state index in [-0.39, 0.29) is 5.82 Å². The molecule has 0 atom stereocenters. The second-order valence-electron chi connectivity index (χ2n) is 3.90. The fraction of sp³-hybridized carbons (Fsp3) is 0.273. The summed E-state index contributed by atoms with van der Waals surface area (Å²) in [4.78, 5) is 0. The van der Waals surface area contributed by atoms with E-state index >= 15 is 0 Å². The normalized spacial score (nSPS) is 16.1. The Morgan fingerprint density at radius 2 is 2.00 bits per heavy atom. The van der Waals surface area contributed by atoms with Gasteiger partial charge >= 0.3 is 0 Å². The van der Waals surface area contributed by atoms with E-state index in [1.54, 1.807) is 12.1 Å². The molecular formula is C11H11FN4. The van der Waals surface area contributed by atoms with Crippen LogP contribution in [0.15, 0.2) is 30.5 Å². The van der Waals surface area contributed by atoms with Gasteiger partial charge in [0.1, 0.15) is 11.5 Å². The fourth-order valence-electron chi connectivity index (χ4n) is 1.67. The molecule has 1 aromatic heterocycles. The average Bonchev–Trinajstić information content (AvgIpc) is 2.65. The first-order chi connectivity index (χ1) is 7.83. The zero-order valence-corrected chi connectivity index (χ0v) is 8.60. The number of nitrogens with zero attached hydrogens (tertiary/aromatic N) is 3. The van der Waals surface area contributed by atoms with Crippen LogP contribution in [0.4, 0.5) is 4.39 Å². The third-order valence-electron chi connectivity index (χ3n) is 2.78. The van der Waals surface area contributed by atoms with Crippen molar-refractivity contribution in [1.29, 1.82) is 0 Å². The van der Waals surface area contributed by atoms with Gasteiger partial charge in [0, 0.05) is 18.7 Å². The maximum Gasteiger partial charge on any atom is 0.123 e. The Hall–Kier alpha value is -1.75. The first kappa shape index (κ1) is 9.47. The number of hydrogen-bond acceptors (Lipinski definition) is 3. The van der Waals surface area contributed by atoms with Gasteiger partial charge in [-0.2, -0.15) is 0 Å². The maximum atomic E-state index is 12.8. The monoisotopic (exact) mass is 218 g/mol. The Morgan fingerprint density at radius 3 is 2.62 bits per heavy atom. The summed E-state index contributed by atoms with van der Waals surface area (Å²) < 4.78 is 14.6. The number of benzene rings is 1. The Morgan fingerprint density at radius 1 is 1.25 bits per heavy atom. The first-order valence-corrected chi connectivity index (χ1v) is 5.21. The van der Waals surface area contributed by atoms with E-state index in [0.29, 0.717) is 6.04 Å². The van der Waals surface area contributed by atoms with Crippen molar-refractivity contribution in [3.05, 3.63) is 36.3 Å². The highest BCUT2D eigenvalue weighted by Gasteiger charge is 2.20. The van der Waals surface area contributed by atoms with Crippen molar-refractivity contribution in [2.75, 3.05) is 13.1 Å². The highest BCUT2D eigenvalue weighted by molar-refractivity contribution is 5.57. The Balaban J connectivity index is 1.88. The molecule has 0 saturated carbocycles. The summed E-state index contributed by atoms with van der Waals surface area (Å²) in [6, 6.07) is 6.69. The van der Waals surface area contributed by atoms with Crippen LogP contribution in [-0.4, -0.2) is 28.1 Å². The van der Waals surface area contributed by atoms with Crippen LogP contribution >= 0.6 is 0 Å². The molecule has 1 aromatic carbocycles. The zero-order chi connectivity index (χ0) is 11.0. The van der Waals surface area contributed by atoms with Crippen molar-refractivity contribution >= 4 is 0 Å². The van der Waals surface area contributed by atoms with Gasteiger partial charge in [-0.15, -0.1) is 5.10 Å². The van der Waals surface area contributed by atoms with Crippen LogP contribution in [0.1, 0.15) is 6.04 Å². The molecule has 0 aliphatic carbocycles. The first-order valence-electron chi connectivity index (χ1n) is 5.21. The van der Waals surface area contributed by atoms with Crippen LogP contribution in [-0.2, 0) is 0 Å². The van der Waals surface area contributed by atoms with Gasteiger partial charge in [-0.25, -0.2) is 9.07 Å². The smallest absolute Gasteiger partial charge is 0.123 e. The molecule has 4 nitrogen and oxygen atoms in total. The lowest BCUT2D eigenvalue weighted by Crippen LogP contribution is -2.43. The third kappa shape index (κ3) is 1.59. The largest absolute Gasteiger partial charge is 0.312 e. The van der Waals surface area contributed by atoms with E-state index in [9.17, 15) is 4.39 Å². The van der Waals surface area contributed by atoms with Gasteiger partial charge in [-0.05, 0) is 24.3 Å². The standard InChI is InChI=1S/C11H11FN4/c12-9-3-1-8(2-4-9)11-7-16(15-14-11)10-5-13-6-10/h1-4,7,10,13H,5-6H2. The summed E-state index contributed by atoms with van der Waals surface area (Å²) in [6.45, 7) is 1.87. The summed E-state index contributed by atoms with van der Waals surface area (Å²) in [5.74, 6) is -0.237. The lowest BCUT2D eigenvalue weighted by Gasteiger charge is -2.26. The lowest BCUT2D eigenvalue weighted by molar-refractivity contribution is 0.313. The minimum atomic E-state index is -0.237. The Bertz CT molecular complexity index is 487. The molecule has 0 radical (unpaired) electrons. The molecule has 2 aromatic rings. The molecule has 1 N–H and O–H groups in total. The molecule has 1 saturated heterocycles. The number of halogens is 1. The van der Waals surface area contributed by atoms with Gasteiger partial charge < -0.3 is 5.32 Å². The van der Waals surface area contributed by atoms with Gasteiger partial charge in [0.05, 0.1) is 12.2 Å². The van der Waals surface area contributed by atoms with Crippen LogP contribution in [0.2, 0.25) is 0 Å². The average molecular weight is 218 g/mol. The molecule has 0 amide bonds. The molecule has 16 heavy (non-hydrogen) atoms. The van der Waals surface area contributed by atoms with Gasteiger partial charge in [0.25, 0.3) is 0 Å². The lowest BCUT2D eigenvalue weighted by atomic mass is 10.1. The van der Waals surface area contributed by atoms with E-state index in [2.05, 4.69) is 15.6 Å². The molecule has 0 spiro atoms. The Labute approximate surface area is 92.1 Å². The minimum absolute atomic E-state index is 0.237. The zero-order valence-electron chi connectivity index (χ0n) is 8.60. The molecule has 1 fully saturated rings. The SMILES string of the molecule is Fc1ccc(-c2cn(C3CNC3)nn2)cc1. The van der Waals surface area contributed by atoms with Gasteiger partial charge in [-0.1, -0.05) is 5.21 Å². The minimum Gasteiger partial charge on any atom is -0.312 e. The summed E-state index contributed by atoms with van der Waals surface area (Å²) in [6.07, 6.45) is 1.90. The van der Waals surface area contributed by atoms with Crippen molar-refractivity contribution in [3.8, 4) is 11.3 Å². The molecule has 3 rings (SSSR count). The summed E-state index contributed by atoms with van der Waals surface area (Å²) >= 11 is 0. The maximum absolute atomic E-state index is 12.8. The highest BCUT2D eigenvalue weighted by atomic mass is 19.1. The second kappa shape index (κ2) is 3.68. The fourth-order valence-corrected chi connectivity index (χ4v) is 1.67. The van der Waals surface area contributed by atoms with Crippen molar-refractivity contribution in [2.24, 2.45) is 0 Å². The summed E-state index contributed by atoms with van der Waals surface area (Å²) in [5.41, 5.74) is 1.67. The molecule has 2 heterocycles.